The minimum Gasteiger partial charge on any atom is -0.371 e. The van der Waals surface area contributed by atoms with E-state index >= 15 is 0 Å². The molecule has 3 nitrogen and oxygen atoms in total. The van der Waals surface area contributed by atoms with Gasteiger partial charge in [0.2, 0.25) is 5.91 Å². The van der Waals surface area contributed by atoms with Crippen LogP contribution < -0.4 is 5.32 Å². The molecule has 126 valence electrons. The molecule has 23 heavy (non-hydrogen) atoms. The highest BCUT2D eigenvalue weighted by atomic mass is 79.9. The molecule has 1 N–H and O–H groups in total. The second-order valence-electron chi connectivity index (χ2n) is 7.15. The first-order valence-electron chi connectivity index (χ1n) is 8.78. The third-order valence-corrected chi connectivity index (χ3v) is 5.48. The van der Waals surface area contributed by atoms with Crippen molar-refractivity contribution in [3.8, 4) is 0 Å². The zero-order chi connectivity index (χ0) is 16.1. The molecular formula is C19H26BrNO2. The van der Waals surface area contributed by atoms with Crippen LogP contribution in [0.3, 0.4) is 0 Å². The topological polar surface area (TPSA) is 38.3 Å². The van der Waals surface area contributed by atoms with Crippen molar-refractivity contribution < 1.29 is 9.53 Å². The van der Waals surface area contributed by atoms with E-state index in [4.69, 9.17) is 4.74 Å². The number of hydrogen-bond donors (Lipinski definition) is 1. The van der Waals surface area contributed by atoms with Crippen LogP contribution >= 0.6 is 15.9 Å². The number of benzene rings is 1. The molecule has 1 aromatic carbocycles. The maximum atomic E-state index is 12.3. The molecule has 4 heteroatoms. The fraction of sp³-hybridized carbons (Fsp3) is 0.632. The summed E-state index contributed by atoms with van der Waals surface area (Å²) in [6.45, 7) is 0.950. The second kappa shape index (κ2) is 7.80. The molecule has 0 heterocycles. The molecule has 0 aromatic heterocycles. The number of rotatable bonds is 7. The molecule has 0 aliphatic heterocycles. The summed E-state index contributed by atoms with van der Waals surface area (Å²) in [5.41, 5.74) is 1.20. The van der Waals surface area contributed by atoms with Gasteiger partial charge in [-0.3, -0.25) is 4.79 Å². The molecule has 0 atom stereocenters. The van der Waals surface area contributed by atoms with Gasteiger partial charge in [0.25, 0.3) is 0 Å². The number of carbonyl (C=O) groups excluding carboxylic acids is 1. The molecule has 0 unspecified atom stereocenters. The van der Waals surface area contributed by atoms with Gasteiger partial charge in [-0.15, -0.1) is 0 Å². The number of amides is 1. The molecule has 2 aliphatic carbocycles. The van der Waals surface area contributed by atoms with E-state index in [0.29, 0.717) is 5.92 Å². The van der Waals surface area contributed by atoms with Gasteiger partial charge in [0.1, 0.15) is 6.61 Å². The van der Waals surface area contributed by atoms with Gasteiger partial charge in [0.15, 0.2) is 0 Å². The fourth-order valence-electron chi connectivity index (χ4n) is 3.50. The molecular weight excluding hydrogens is 354 g/mol. The van der Waals surface area contributed by atoms with Crippen molar-refractivity contribution in [2.24, 2.45) is 5.92 Å². The lowest BCUT2D eigenvalue weighted by molar-refractivity contribution is -0.128. The van der Waals surface area contributed by atoms with Crippen LogP contribution in [0.2, 0.25) is 0 Å². The van der Waals surface area contributed by atoms with Crippen molar-refractivity contribution in [1.29, 1.82) is 0 Å². The second-order valence-corrected chi connectivity index (χ2v) is 8.07. The fourth-order valence-corrected chi connectivity index (χ4v) is 3.77. The van der Waals surface area contributed by atoms with Gasteiger partial charge in [0, 0.05) is 10.0 Å². The first-order valence-corrected chi connectivity index (χ1v) is 9.58. The molecule has 2 aliphatic rings. The molecule has 1 aromatic rings. The van der Waals surface area contributed by atoms with Crippen molar-refractivity contribution in [1.82, 2.24) is 5.32 Å². The lowest BCUT2D eigenvalue weighted by Gasteiger charge is -2.38. The van der Waals surface area contributed by atoms with E-state index in [2.05, 4.69) is 45.5 Å². The van der Waals surface area contributed by atoms with Crippen LogP contribution in [0.5, 0.6) is 0 Å². The van der Waals surface area contributed by atoms with Crippen LogP contribution in [0.1, 0.15) is 50.5 Å². The Morgan fingerprint density at radius 1 is 1.17 bits per heavy atom. The summed E-state index contributed by atoms with van der Waals surface area (Å²) in [6, 6.07) is 8.45. The Balaban J connectivity index is 1.58. The Hall–Kier alpha value is -0.870. The van der Waals surface area contributed by atoms with Crippen LogP contribution in [-0.2, 0) is 16.0 Å². The van der Waals surface area contributed by atoms with Gasteiger partial charge in [-0.25, -0.2) is 0 Å². The van der Waals surface area contributed by atoms with E-state index in [0.717, 1.165) is 30.3 Å². The normalized spacial score (nSPS) is 20.2. The molecule has 1 amide bonds. The third-order valence-electron chi connectivity index (χ3n) is 4.95. The lowest BCUT2D eigenvalue weighted by Crippen LogP contribution is -2.52. The number of halogens is 1. The minimum atomic E-state index is -0.0912. The monoisotopic (exact) mass is 379 g/mol. The third kappa shape index (κ3) is 5.32. The Kier molecular flexibility index (Phi) is 5.76. The number of carbonyl (C=O) groups is 1. The van der Waals surface area contributed by atoms with Gasteiger partial charge >= 0.3 is 0 Å². The van der Waals surface area contributed by atoms with E-state index in [1.807, 2.05) is 0 Å². The summed E-state index contributed by atoms with van der Waals surface area (Å²) in [5.74, 6) is 0.749. The van der Waals surface area contributed by atoms with E-state index in [1.165, 1.54) is 37.7 Å². The zero-order valence-electron chi connectivity index (χ0n) is 13.7. The first kappa shape index (κ1) is 17.0. The van der Waals surface area contributed by atoms with Crippen LogP contribution in [0.25, 0.3) is 0 Å². The highest BCUT2D eigenvalue weighted by molar-refractivity contribution is 9.10. The lowest BCUT2D eigenvalue weighted by atomic mass is 9.77. The van der Waals surface area contributed by atoms with Crippen molar-refractivity contribution in [2.75, 3.05) is 13.2 Å². The van der Waals surface area contributed by atoms with Gasteiger partial charge < -0.3 is 10.1 Å². The largest absolute Gasteiger partial charge is 0.371 e. The maximum absolute atomic E-state index is 12.3. The first-order chi connectivity index (χ1) is 11.2. The quantitative estimate of drug-likeness (QED) is 0.769. The molecule has 0 saturated heterocycles. The molecule has 2 fully saturated rings. The molecule has 0 bridgehead atoms. The summed E-state index contributed by atoms with van der Waals surface area (Å²) in [6.07, 6.45) is 9.23. The van der Waals surface area contributed by atoms with E-state index in [-0.39, 0.29) is 18.1 Å². The highest BCUT2D eigenvalue weighted by Crippen LogP contribution is 2.32. The number of hydrogen-bond acceptors (Lipinski definition) is 2. The summed E-state index contributed by atoms with van der Waals surface area (Å²) >= 11 is 3.48. The molecule has 2 saturated carbocycles. The average Bonchev–Trinajstić information content (AvgIpc) is 3.35. The van der Waals surface area contributed by atoms with Crippen molar-refractivity contribution in [3.05, 3.63) is 34.3 Å². The van der Waals surface area contributed by atoms with Crippen molar-refractivity contribution >= 4 is 21.8 Å². The van der Waals surface area contributed by atoms with Crippen molar-refractivity contribution in [2.45, 2.75) is 56.9 Å². The predicted octanol–water partition coefficient (Wildman–Crippen LogP) is 4.24. The maximum Gasteiger partial charge on any atom is 0.246 e. The Morgan fingerprint density at radius 3 is 2.52 bits per heavy atom. The SMILES string of the molecule is O=C(COCC1CC1)NC1(Cc2ccc(Br)cc2)CCCCC1. The standard InChI is InChI=1S/C19H26BrNO2/c20-17-8-6-15(7-9-17)12-19(10-2-1-3-11-19)21-18(22)14-23-13-16-4-5-16/h6-9,16H,1-5,10-14H2,(H,21,22). The van der Waals surface area contributed by atoms with Crippen LogP contribution in [0.15, 0.2) is 28.7 Å². The van der Waals surface area contributed by atoms with Crippen LogP contribution in [0.4, 0.5) is 0 Å². The zero-order valence-corrected chi connectivity index (χ0v) is 15.2. The Bertz CT molecular complexity index is 519. The molecule has 3 rings (SSSR count). The van der Waals surface area contributed by atoms with Gasteiger partial charge in [-0.05, 0) is 55.7 Å². The molecule has 0 radical (unpaired) electrons. The number of nitrogens with one attached hydrogen (secondary N) is 1. The van der Waals surface area contributed by atoms with Gasteiger partial charge in [-0.1, -0.05) is 47.3 Å². The summed E-state index contributed by atoms with van der Waals surface area (Å²) in [5, 5.41) is 3.31. The Morgan fingerprint density at radius 2 is 1.87 bits per heavy atom. The number of ether oxygens (including phenoxy) is 1. The van der Waals surface area contributed by atoms with Gasteiger partial charge in [0.05, 0.1) is 6.61 Å². The summed E-state index contributed by atoms with van der Waals surface area (Å²) in [7, 11) is 0. The van der Waals surface area contributed by atoms with Crippen LogP contribution in [0, 0.1) is 5.92 Å². The van der Waals surface area contributed by atoms with Crippen molar-refractivity contribution in [3.63, 3.8) is 0 Å². The summed E-state index contributed by atoms with van der Waals surface area (Å²) in [4.78, 5) is 12.3. The predicted molar refractivity (Wildman–Crippen MR) is 95.3 cm³/mol. The highest BCUT2D eigenvalue weighted by Gasteiger charge is 2.33. The van der Waals surface area contributed by atoms with E-state index in [9.17, 15) is 4.79 Å². The van der Waals surface area contributed by atoms with E-state index < -0.39 is 0 Å². The van der Waals surface area contributed by atoms with Gasteiger partial charge in [-0.2, -0.15) is 0 Å². The Labute approximate surface area is 147 Å². The summed E-state index contributed by atoms with van der Waals surface area (Å²) < 4.78 is 6.65. The van der Waals surface area contributed by atoms with Crippen LogP contribution in [-0.4, -0.2) is 24.7 Å². The smallest absolute Gasteiger partial charge is 0.246 e. The minimum absolute atomic E-state index is 0.0460. The average molecular weight is 380 g/mol. The molecule has 0 spiro atoms. The van der Waals surface area contributed by atoms with E-state index in [1.54, 1.807) is 0 Å².